The van der Waals surface area contributed by atoms with Crippen LogP contribution < -0.4 is 10.2 Å². The van der Waals surface area contributed by atoms with Crippen LogP contribution in [0.5, 0.6) is 0 Å². The molecule has 1 aliphatic carbocycles. The van der Waals surface area contributed by atoms with Crippen molar-refractivity contribution in [1.29, 1.82) is 0 Å². The zero-order valence-corrected chi connectivity index (χ0v) is 14.0. The predicted molar refractivity (Wildman–Crippen MR) is 91.6 cm³/mol. The molecule has 1 aliphatic rings. The molecular weight excluding hydrogens is 280 g/mol. The monoisotopic (exact) mass is 304 g/mol. The number of hydrogen-bond donors (Lipinski definition) is 1. The molecule has 0 aliphatic heterocycles. The predicted octanol–water partition coefficient (Wildman–Crippen LogP) is 3.92. The molecule has 0 atom stereocenters. The van der Waals surface area contributed by atoms with Crippen LogP contribution in [0.1, 0.15) is 38.0 Å². The second kappa shape index (κ2) is 6.18. The summed E-state index contributed by atoms with van der Waals surface area (Å²) < 4.78 is 0. The first-order chi connectivity index (χ1) is 10.2. The highest BCUT2D eigenvalue weighted by Crippen LogP contribution is 2.36. The number of aromatic nitrogens is 2. The third kappa shape index (κ3) is 3.12. The van der Waals surface area contributed by atoms with E-state index in [0.717, 1.165) is 48.4 Å². The molecule has 1 N–H and O–H groups in total. The number of anilines is 2. The highest BCUT2D eigenvalue weighted by molar-refractivity contribution is 7.18. The summed E-state index contributed by atoms with van der Waals surface area (Å²) in [7, 11) is 1.89. The van der Waals surface area contributed by atoms with Gasteiger partial charge in [-0.05, 0) is 37.7 Å². The summed E-state index contributed by atoms with van der Waals surface area (Å²) in [5, 5.41) is 4.34. The maximum atomic E-state index is 4.78. The Hall–Kier alpha value is -1.36. The normalized spacial score (nSPS) is 14.6. The van der Waals surface area contributed by atoms with Gasteiger partial charge in [-0.3, -0.25) is 0 Å². The zero-order valence-electron chi connectivity index (χ0n) is 13.1. The fourth-order valence-corrected chi connectivity index (χ4v) is 3.61. The fourth-order valence-electron chi connectivity index (χ4n) is 2.65. The second-order valence-electron chi connectivity index (χ2n) is 5.80. The van der Waals surface area contributed by atoms with E-state index in [1.807, 2.05) is 7.05 Å². The summed E-state index contributed by atoms with van der Waals surface area (Å²) in [5.41, 5.74) is 0. The molecule has 2 heterocycles. The number of aryl methyl sites for hydroxylation is 1. The van der Waals surface area contributed by atoms with Gasteiger partial charge in [-0.2, -0.15) is 4.98 Å². The van der Waals surface area contributed by atoms with E-state index in [1.54, 1.807) is 11.3 Å². The third-order valence-electron chi connectivity index (χ3n) is 3.96. The molecule has 0 saturated heterocycles. The Labute approximate surface area is 130 Å². The molecule has 0 radical (unpaired) electrons. The van der Waals surface area contributed by atoms with Crippen molar-refractivity contribution >= 4 is 33.3 Å². The Morgan fingerprint density at radius 3 is 2.76 bits per heavy atom. The molecule has 0 aromatic carbocycles. The minimum Gasteiger partial charge on any atom is -0.357 e. The molecule has 0 unspecified atom stereocenters. The third-order valence-corrected chi connectivity index (χ3v) is 5.14. The van der Waals surface area contributed by atoms with Crippen LogP contribution in [0.15, 0.2) is 6.07 Å². The summed E-state index contributed by atoms with van der Waals surface area (Å²) in [6, 6.07) is 2.28. The van der Waals surface area contributed by atoms with Crippen LogP contribution in [-0.2, 0) is 6.42 Å². The SMILES string of the molecule is CCCN(CC1CC1)c1nc(NC)nc2sc(CC)cc12. The van der Waals surface area contributed by atoms with Crippen molar-refractivity contribution in [2.24, 2.45) is 5.92 Å². The average Bonchev–Trinajstić information content (AvgIpc) is 3.21. The van der Waals surface area contributed by atoms with E-state index in [2.05, 4.69) is 35.1 Å². The molecule has 5 heteroatoms. The first kappa shape index (κ1) is 14.6. The molecule has 3 rings (SSSR count). The van der Waals surface area contributed by atoms with E-state index in [4.69, 9.17) is 4.98 Å². The van der Waals surface area contributed by atoms with Crippen molar-refractivity contribution in [3.63, 3.8) is 0 Å². The minimum atomic E-state index is 0.735. The molecule has 4 nitrogen and oxygen atoms in total. The lowest BCUT2D eigenvalue weighted by Gasteiger charge is -2.24. The number of hydrogen-bond acceptors (Lipinski definition) is 5. The van der Waals surface area contributed by atoms with E-state index < -0.39 is 0 Å². The van der Waals surface area contributed by atoms with Crippen LogP contribution >= 0.6 is 11.3 Å². The lowest BCUT2D eigenvalue weighted by molar-refractivity contribution is 0.701. The molecular formula is C16H24N4S. The van der Waals surface area contributed by atoms with Crippen molar-refractivity contribution in [3.8, 4) is 0 Å². The second-order valence-corrected chi connectivity index (χ2v) is 6.91. The van der Waals surface area contributed by atoms with E-state index in [1.165, 1.54) is 23.1 Å². The maximum absolute atomic E-state index is 4.78. The van der Waals surface area contributed by atoms with Crippen molar-refractivity contribution in [3.05, 3.63) is 10.9 Å². The summed E-state index contributed by atoms with van der Waals surface area (Å²) in [5.74, 6) is 2.72. The van der Waals surface area contributed by atoms with E-state index in [-0.39, 0.29) is 0 Å². The number of fused-ring (bicyclic) bond motifs is 1. The summed E-state index contributed by atoms with van der Waals surface area (Å²) >= 11 is 1.79. The fraction of sp³-hybridized carbons (Fsp3) is 0.625. The van der Waals surface area contributed by atoms with Gasteiger partial charge in [0.05, 0.1) is 5.39 Å². The standard InChI is InChI=1S/C16H24N4S/c1-4-8-20(10-11-6-7-11)14-13-9-12(5-2)21-15(13)19-16(17-3)18-14/h9,11H,4-8,10H2,1-3H3,(H,17,18,19). The molecule has 21 heavy (non-hydrogen) atoms. The Balaban J connectivity index is 2.05. The van der Waals surface area contributed by atoms with Gasteiger partial charge in [0.1, 0.15) is 10.6 Å². The lowest BCUT2D eigenvalue weighted by Crippen LogP contribution is -2.28. The molecule has 2 aromatic heterocycles. The Morgan fingerprint density at radius 1 is 1.33 bits per heavy atom. The number of rotatable bonds is 7. The average molecular weight is 304 g/mol. The minimum absolute atomic E-state index is 0.735. The van der Waals surface area contributed by atoms with E-state index in [0.29, 0.717) is 0 Å². The number of thiophene rings is 1. The van der Waals surface area contributed by atoms with Gasteiger partial charge in [-0.1, -0.05) is 13.8 Å². The van der Waals surface area contributed by atoms with Crippen LogP contribution in [0, 0.1) is 5.92 Å². The quantitative estimate of drug-likeness (QED) is 0.841. The highest BCUT2D eigenvalue weighted by Gasteiger charge is 2.26. The largest absolute Gasteiger partial charge is 0.357 e. The molecule has 1 saturated carbocycles. The van der Waals surface area contributed by atoms with E-state index in [9.17, 15) is 0 Å². The van der Waals surface area contributed by atoms with Crippen molar-refractivity contribution in [2.75, 3.05) is 30.4 Å². The Kier molecular flexibility index (Phi) is 4.29. The van der Waals surface area contributed by atoms with Gasteiger partial charge in [0.25, 0.3) is 0 Å². The summed E-state index contributed by atoms with van der Waals surface area (Å²) in [4.78, 5) is 14.4. The first-order valence-electron chi connectivity index (χ1n) is 7.98. The molecule has 114 valence electrons. The maximum Gasteiger partial charge on any atom is 0.225 e. The molecule has 0 spiro atoms. The van der Waals surface area contributed by atoms with Gasteiger partial charge in [0, 0.05) is 25.0 Å². The van der Waals surface area contributed by atoms with Crippen molar-refractivity contribution in [1.82, 2.24) is 9.97 Å². The van der Waals surface area contributed by atoms with Crippen molar-refractivity contribution < 1.29 is 0 Å². The van der Waals surface area contributed by atoms with Crippen molar-refractivity contribution in [2.45, 2.75) is 39.5 Å². The zero-order chi connectivity index (χ0) is 14.8. The van der Waals surface area contributed by atoms with Crippen LogP contribution in [0.2, 0.25) is 0 Å². The molecule has 0 amide bonds. The summed E-state index contributed by atoms with van der Waals surface area (Å²) in [6.45, 7) is 6.65. The first-order valence-corrected chi connectivity index (χ1v) is 8.80. The highest BCUT2D eigenvalue weighted by atomic mass is 32.1. The van der Waals surface area contributed by atoms with Gasteiger partial charge in [0.15, 0.2) is 0 Å². The molecule has 0 bridgehead atoms. The lowest BCUT2D eigenvalue weighted by atomic mass is 10.2. The van der Waals surface area contributed by atoms with Gasteiger partial charge in [-0.25, -0.2) is 4.98 Å². The Morgan fingerprint density at radius 2 is 2.14 bits per heavy atom. The van der Waals surface area contributed by atoms with Crippen LogP contribution in [0.3, 0.4) is 0 Å². The number of nitrogens with zero attached hydrogens (tertiary/aromatic N) is 3. The van der Waals surface area contributed by atoms with Crippen LogP contribution in [-0.4, -0.2) is 30.1 Å². The Bertz CT molecular complexity index is 618. The van der Waals surface area contributed by atoms with Gasteiger partial charge < -0.3 is 10.2 Å². The summed E-state index contributed by atoms with van der Waals surface area (Å²) in [6.07, 6.45) is 4.96. The number of nitrogens with one attached hydrogen (secondary N) is 1. The van der Waals surface area contributed by atoms with Gasteiger partial charge >= 0.3 is 0 Å². The van der Waals surface area contributed by atoms with Gasteiger partial charge in [-0.15, -0.1) is 11.3 Å². The van der Waals surface area contributed by atoms with Crippen LogP contribution in [0.25, 0.3) is 10.2 Å². The smallest absolute Gasteiger partial charge is 0.225 e. The molecule has 2 aromatic rings. The molecule has 1 fully saturated rings. The van der Waals surface area contributed by atoms with Gasteiger partial charge in [0.2, 0.25) is 5.95 Å². The van der Waals surface area contributed by atoms with Crippen LogP contribution in [0.4, 0.5) is 11.8 Å². The topological polar surface area (TPSA) is 41.1 Å². The van der Waals surface area contributed by atoms with E-state index >= 15 is 0 Å².